The fourth-order valence-electron chi connectivity index (χ4n) is 3.31. The van der Waals surface area contributed by atoms with E-state index in [1.807, 2.05) is 12.3 Å². The lowest BCUT2D eigenvalue weighted by Gasteiger charge is -2.23. The summed E-state index contributed by atoms with van der Waals surface area (Å²) in [5.74, 6) is 1.24. The molecule has 0 N–H and O–H groups in total. The first-order chi connectivity index (χ1) is 11.9. The second kappa shape index (κ2) is 5.41. The fraction of sp³-hybridized carbons (Fsp3) is 0.350. The van der Waals surface area contributed by atoms with E-state index >= 15 is 0 Å². The first kappa shape index (κ1) is 15.8. The summed E-state index contributed by atoms with van der Waals surface area (Å²) < 4.78 is 7.63. The zero-order chi connectivity index (χ0) is 17.8. The summed E-state index contributed by atoms with van der Waals surface area (Å²) in [6.45, 7) is 10.6. The summed E-state index contributed by atoms with van der Waals surface area (Å²) in [7, 11) is 0. The van der Waals surface area contributed by atoms with Gasteiger partial charge < -0.3 is 4.52 Å². The average Bonchev–Trinajstić information content (AvgIpc) is 3.17. The van der Waals surface area contributed by atoms with Crippen molar-refractivity contribution in [3.8, 4) is 0 Å². The van der Waals surface area contributed by atoms with Crippen LogP contribution in [0.3, 0.4) is 0 Å². The van der Waals surface area contributed by atoms with Crippen LogP contribution in [0.15, 0.2) is 41.1 Å². The van der Waals surface area contributed by atoms with E-state index in [1.54, 1.807) is 0 Å². The standard InChI is InChI=1S/C20H22N4O/c1-12(2)18-15-7-6-14(11-16(15)25-23-18)20(4,5)19-22-21-17-10-13(3)8-9-24(17)19/h6-12H,1-5H3. The lowest BCUT2D eigenvalue weighted by Crippen LogP contribution is -2.22. The third kappa shape index (κ3) is 2.42. The SMILES string of the molecule is Cc1ccn2c(C(C)(C)c3ccc4c(C(C)C)noc4c3)nnc2c1. The highest BCUT2D eigenvalue weighted by Gasteiger charge is 2.29. The molecule has 0 saturated carbocycles. The van der Waals surface area contributed by atoms with Crippen LogP contribution >= 0.6 is 0 Å². The molecule has 0 radical (unpaired) electrons. The molecule has 0 aliphatic heterocycles. The number of hydrogen-bond acceptors (Lipinski definition) is 4. The predicted octanol–water partition coefficient (Wildman–Crippen LogP) is 4.63. The van der Waals surface area contributed by atoms with Gasteiger partial charge in [-0.2, -0.15) is 0 Å². The van der Waals surface area contributed by atoms with Crippen LogP contribution in [0, 0.1) is 6.92 Å². The van der Waals surface area contributed by atoms with Crippen molar-refractivity contribution in [1.82, 2.24) is 19.8 Å². The molecule has 0 bridgehead atoms. The van der Waals surface area contributed by atoms with Crippen LogP contribution in [0.1, 0.15) is 56.3 Å². The molecular formula is C20H22N4O. The predicted molar refractivity (Wildman–Crippen MR) is 98.0 cm³/mol. The minimum absolute atomic E-state index is 0.312. The summed E-state index contributed by atoms with van der Waals surface area (Å²) in [4.78, 5) is 0. The maximum absolute atomic E-state index is 5.57. The van der Waals surface area contributed by atoms with Crippen molar-refractivity contribution in [1.29, 1.82) is 0 Å². The van der Waals surface area contributed by atoms with Gasteiger partial charge in [-0.1, -0.05) is 25.1 Å². The van der Waals surface area contributed by atoms with Crippen LogP contribution < -0.4 is 0 Å². The van der Waals surface area contributed by atoms with Crippen LogP contribution in [0.5, 0.6) is 0 Å². The van der Waals surface area contributed by atoms with E-state index in [-0.39, 0.29) is 5.41 Å². The van der Waals surface area contributed by atoms with Crippen LogP contribution in [-0.2, 0) is 5.41 Å². The Bertz CT molecular complexity index is 1070. The van der Waals surface area contributed by atoms with Gasteiger partial charge >= 0.3 is 0 Å². The molecule has 5 heteroatoms. The zero-order valence-electron chi connectivity index (χ0n) is 15.2. The molecule has 1 aromatic carbocycles. The second-order valence-electron chi connectivity index (χ2n) is 7.51. The van der Waals surface area contributed by atoms with Crippen LogP contribution in [-0.4, -0.2) is 19.8 Å². The van der Waals surface area contributed by atoms with Gasteiger partial charge in [0.05, 0.1) is 11.1 Å². The number of nitrogens with zero attached hydrogens (tertiary/aromatic N) is 4. The van der Waals surface area contributed by atoms with Crippen molar-refractivity contribution in [2.45, 2.75) is 46.0 Å². The van der Waals surface area contributed by atoms with Crippen molar-refractivity contribution < 1.29 is 4.52 Å². The molecule has 0 fully saturated rings. The van der Waals surface area contributed by atoms with Gasteiger partial charge in [-0.05, 0) is 62.1 Å². The molecule has 3 aromatic heterocycles. The van der Waals surface area contributed by atoms with E-state index in [4.69, 9.17) is 4.52 Å². The topological polar surface area (TPSA) is 56.2 Å². The molecule has 0 aliphatic rings. The number of benzene rings is 1. The molecule has 0 amide bonds. The number of aromatic nitrogens is 4. The highest BCUT2D eigenvalue weighted by Crippen LogP contribution is 2.34. The van der Waals surface area contributed by atoms with E-state index in [2.05, 4.69) is 78.6 Å². The largest absolute Gasteiger partial charge is 0.356 e. The second-order valence-corrected chi connectivity index (χ2v) is 7.51. The third-order valence-corrected chi connectivity index (χ3v) is 4.89. The quantitative estimate of drug-likeness (QED) is 0.548. The molecule has 0 unspecified atom stereocenters. The van der Waals surface area contributed by atoms with Crippen molar-refractivity contribution in [2.75, 3.05) is 0 Å². The van der Waals surface area contributed by atoms with Crippen molar-refractivity contribution in [3.05, 3.63) is 59.2 Å². The van der Waals surface area contributed by atoms with E-state index in [0.717, 1.165) is 33.7 Å². The Hall–Kier alpha value is -2.69. The Kier molecular flexibility index (Phi) is 3.42. The number of fused-ring (bicyclic) bond motifs is 2. The normalized spacial score (nSPS) is 12.6. The summed E-state index contributed by atoms with van der Waals surface area (Å²) in [5.41, 5.74) is 4.68. The first-order valence-electron chi connectivity index (χ1n) is 8.59. The van der Waals surface area contributed by atoms with E-state index < -0.39 is 0 Å². The number of aryl methyl sites for hydroxylation is 1. The third-order valence-electron chi connectivity index (χ3n) is 4.89. The highest BCUT2D eigenvalue weighted by atomic mass is 16.5. The molecule has 0 atom stereocenters. The Morgan fingerprint density at radius 1 is 1.08 bits per heavy atom. The van der Waals surface area contributed by atoms with Gasteiger partial charge in [0, 0.05) is 11.6 Å². The molecule has 0 saturated heterocycles. The molecule has 4 aromatic rings. The molecule has 128 valence electrons. The fourth-order valence-corrected chi connectivity index (χ4v) is 3.31. The van der Waals surface area contributed by atoms with E-state index in [0.29, 0.717) is 5.92 Å². The monoisotopic (exact) mass is 334 g/mol. The maximum atomic E-state index is 5.57. The lowest BCUT2D eigenvalue weighted by molar-refractivity contribution is 0.441. The summed E-state index contributed by atoms with van der Waals surface area (Å²) >= 11 is 0. The first-order valence-corrected chi connectivity index (χ1v) is 8.59. The molecule has 0 spiro atoms. The van der Waals surface area contributed by atoms with Crippen LogP contribution in [0.2, 0.25) is 0 Å². The van der Waals surface area contributed by atoms with Gasteiger partial charge in [0.15, 0.2) is 11.2 Å². The van der Waals surface area contributed by atoms with E-state index in [9.17, 15) is 0 Å². The van der Waals surface area contributed by atoms with Gasteiger partial charge in [-0.15, -0.1) is 10.2 Å². The molecular weight excluding hydrogens is 312 g/mol. The smallest absolute Gasteiger partial charge is 0.167 e. The average molecular weight is 334 g/mol. The van der Waals surface area contributed by atoms with Gasteiger partial charge in [0.2, 0.25) is 0 Å². The molecule has 4 rings (SSSR count). The van der Waals surface area contributed by atoms with Gasteiger partial charge in [0.25, 0.3) is 0 Å². The zero-order valence-corrected chi connectivity index (χ0v) is 15.2. The van der Waals surface area contributed by atoms with Crippen molar-refractivity contribution in [2.24, 2.45) is 0 Å². The Morgan fingerprint density at radius 2 is 1.88 bits per heavy atom. The summed E-state index contributed by atoms with van der Waals surface area (Å²) in [6.07, 6.45) is 2.03. The molecule has 3 heterocycles. The summed E-state index contributed by atoms with van der Waals surface area (Å²) in [5, 5.41) is 14.1. The van der Waals surface area contributed by atoms with E-state index in [1.165, 1.54) is 5.56 Å². The number of hydrogen-bond donors (Lipinski definition) is 0. The number of rotatable bonds is 3. The number of pyridine rings is 1. The molecule has 0 aliphatic carbocycles. The highest BCUT2D eigenvalue weighted by molar-refractivity contribution is 5.81. The Morgan fingerprint density at radius 3 is 2.64 bits per heavy atom. The van der Waals surface area contributed by atoms with Gasteiger partial charge in [0.1, 0.15) is 5.82 Å². The Labute approximate surface area is 146 Å². The van der Waals surface area contributed by atoms with Gasteiger partial charge in [-0.3, -0.25) is 4.40 Å². The lowest BCUT2D eigenvalue weighted by atomic mass is 9.83. The minimum Gasteiger partial charge on any atom is -0.356 e. The van der Waals surface area contributed by atoms with Crippen LogP contribution in [0.25, 0.3) is 16.6 Å². The van der Waals surface area contributed by atoms with Crippen LogP contribution in [0.4, 0.5) is 0 Å². The van der Waals surface area contributed by atoms with Crippen molar-refractivity contribution in [3.63, 3.8) is 0 Å². The van der Waals surface area contributed by atoms with Gasteiger partial charge in [-0.25, -0.2) is 0 Å². The maximum Gasteiger partial charge on any atom is 0.167 e. The summed E-state index contributed by atoms with van der Waals surface area (Å²) in [6, 6.07) is 10.4. The molecule has 25 heavy (non-hydrogen) atoms. The Balaban J connectivity index is 1.85. The van der Waals surface area contributed by atoms with Crippen molar-refractivity contribution >= 4 is 16.6 Å². The minimum atomic E-state index is -0.312. The molecule has 5 nitrogen and oxygen atoms in total.